The van der Waals surface area contributed by atoms with Crippen LogP contribution in [-0.2, 0) is 21.4 Å². The Morgan fingerprint density at radius 3 is 2.50 bits per heavy atom. The van der Waals surface area contributed by atoms with E-state index in [4.69, 9.17) is 14.2 Å². The summed E-state index contributed by atoms with van der Waals surface area (Å²) in [6.07, 6.45) is 1.51. The standard InChI is InChI=1S/C16H20N2O5S/c1-11-5-6-13(22-3)16(15(11)23-4)24(19,20)18-14-9-12(10-21-2)7-8-17-14/h5-9H,10H2,1-4H3,(H,17,18). The monoisotopic (exact) mass is 352 g/mol. The molecule has 24 heavy (non-hydrogen) atoms. The summed E-state index contributed by atoms with van der Waals surface area (Å²) in [6.45, 7) is 2.11. The third-order valence-corrected chi connectivity index (χ3v) is 4.74. The van der Waals surface area contributed by atoms with E-state index in [-0.39, 0.29) is 22.2 Å². The van der Waals surface area contributed by atoms with Gasteiger partial charge >= 0.3 is 0 Å². The molecule has 1 N–H and O–H groups in total. The van der Waals surface area contributed by atoms with Crippen LogP contribution in [0.25, 0.3) is 0 Å². The van der Waals surface area contributed by atoms with Gasteiger partial charge in [0.05, 0.1) is 20.8 Å². The molecule has 0 fully saturated rings. The normalized spacial score (nSPS) is 11.2. The van der Waals surface area contributed by atoms with E-state index in [2.05, 4.69) is 9.71 Å². The van der Waals surface area contributed by atoms with E-state index in [9.17, 15) is 8.42 Å². The minimum Gasteiger partial charge on any atom is -0.495 e. The van der Waals surface area contributed by atoms with Gasteiger partial charge in [-0.05, 0) is 36.2 Å². The number of rotatable bonds is 7. The molecular weight excluding hydrogens is 332 g/mol. The number of nitrogens with one attached hydrogen (secondary N) is 1. The molecule has 0 saturated heterocycles. The highest BCUT2D eigenvalue weighted by Crippen LogP contribution is 2.36. The maximum absolute atomic E-state index is 12.8. The van der Waals surface area contributed by atoms with Crippen LogP contribution >= 0.6 is 0 Å². The lowest BCUT2D eigenvalue weighted by Gasteiger charge is -2.16. The van der Waals surface area contributed by atoms with Crippen molar-refractivity contribution in [3.05, 3.63) is 41.6 Å². The maximum atomic E-state index is 12.8. The molecule has 0 radical (unpaired) electrons. The Kier molecular flexibility index (Phi) is 5.63. The van der Waals surface area contributed by atoms with Crippen molar-refractivity contribution in [1.82, 2.24) is 4.98 Å². The van der Waals surface area contributed by atoms with Gasteiger partial charge in [-0.1, -0.05) is 6.07 Å². The lowest BCUT2D eigenvalue weighted by Crippen LogP contribution is -2.16. The van der Waals surface area contributed by atoms with E-state index in [1.165, 1.54) is 20.4 Å². The summed E-state index contributed by atoms with van der Waals surface area (Å²) in [7, 11) is 0.424. The van der Waals surface area contributed by atoms with E-state index >= 15 is 0 Å². The van der Waals surface area contributed by atoms with Crippen LogP contribution in [0.2, 0.25) is 0 Å². The molecule has 0 spiro atoms. The van der Waals surface area contributed by atoms with Crippen LogP contribution < -0.4 is 14.2 Å². The van der Waals surface area contributed by atoms with Crippen molar-refractivity contribution < 1.29 is 22.6 Å². The predicted molar refractivity (Wildman–Crippen MR) is 90.0 cm³/mol. The van der Waals surface area contributed by atoms with Gasteiger partial charge in [-0.25, -0.2) is 13.4 Å². The molecule has 8 heteroatoms. The van der Waals surface area contributed by atoms with Crippen molar-refractivity contribution in [3.63, 3.8) is 0 Å². The second-order valence-electron chi connectivity index (χ2n) is 5.03. The van der Waals surface area contributed by atoms with Crippen molar-refractivity contribution >= 4 is 15.8 Å². The summed E-state index contributed by atoms with van der Waals surface area (Å²) in [6, 6.07) is 6.67. The average molecular weight is 352 g/mol. The number of sulfonamides is 1. The molecule has 0 aliphatic rings. The number of nitrogens with zero attached hydrogens (tertiary/aromatic N) is 1. The Morgan fingerprint density at radius 2 is 1.88 bits per heavy atom. The molecule has 7 nitrogen and oxygen atoms in total. The van der Waals surface area contributed by atoms with E-state index in [1.54, 1.807) is 38.3 Å². The lowest BCUT2D eigenvalue weighted by atomic mass is 10.2. The zero-order valence-corrected chi connectivity index (χ0v) is 14.8. The summed E-state index contributed by atoms with van der Waals surface area (Å²) < 4.78 is 43.6. The molecule has 0 aliphatic carbocycles. The lowest BCUT2D eigenvalue weighted by molar-refractivity contribution is 0.185. The number of aryl methyl sites for hydroxylation is 1. The zero-order valence-electron chi connectivity index (χ0n) is 14.0. The van der Waals surface area contributed by atoms with Crippen molar-refractivity contribution in [2.45, 2.75) is 18.4 Å². The van der Waals surface area contributed by atoms with Gasteiger partial charge in [-0.3, -0.25) is 4.72 Å². The summed E-state index contributed by atoms with van der Waals surface area (Å²) in [5.41, 5.74) is 1.48. The Morgan fingerprint density at radius 1 is 1.12 bits per heavy atom. The number of ether oxygens (including phenoxy) is 3. The van der Waals surface area contributed by atoms with Gasteiger partial charge in [0.1, 0.15) is 17.3 Å². The van der Waals surface area contributed by atoms with Gasteiger partial charge < -0.3 is 14.2 Å². The molecule has 0 bridgehead atoms. The van der Waals surface area contributed by atoms with E-state index in [1.807, 2.05) is 0 Å². The number of aromatic nitrogens is 1. The maximum Gasteiger partial charge on any atom is 0.270 e. The SMILES string of the molecule is COCc1ccnc(NS(=O)(=O)c2c(OC)ccc(C)c2OC)c1. The van der Waals surface area contributed by atoms with Crippen molar-refractivity contribution in [2.75, 3.05) is 26.1 Å². The Balaban J connectivity index is 2.48. The fourth-order valence-electron chi connectivity index (χ4n) is 2.29. The fraction of sp³-hybridized carbons (Fsp3) is 0.312. The van der Waals surface area contributed by atoms with Crippen LogP contribution in [0.4, 0.5) is 5.82 Å². The van der Waals surface area contributed by atoms with E-state index in [0.29, 0.717) is 12.2 Å². The molecule has 0 saturated carbocycles. The smallest absolute Gasteiger partial charge is 0.270 e. The first-order valence-corrected chi connectivity index (χ1v) is 8.59. The first kappa shape index (κ1) is 18.0. The Hall–Kier alpha value is -2.32. The summed E-state index contributed by atoms with van der Waals surface area (Å²) >= 11 is 0. The number of benzene rings is 1. The molecule has 1 heterocycles. The highest BCUT2D eigenvalue weighted by molar-refractivity contribution is 7.93. The Bertz CT molecular complexity index is 821. The van der Waals surface area contributed by atoms with Crippen molar-refractivity contribution in [2.24, 2.45) is 0 Å². The average Bonchev–Trinajstić information content (AvgIpc) is 2.54. The first-order valence-electron chi connectivity index (χ1n) is 7.11. The van der Waals surface area contributed by atoms with Crippen LogP contribution in [0.5, 0.6) is 11.5 Å². The highest BCUT2D eigenvalue weighted by atomic mass is 32.2. The van der Waals surface area contributed by atoms with Crippen molar-refractivity contribution in [1.29, 1.82) is 0 Å². The van der Waals surface area contributed by atoms with Crippen LogP contribution in [-0.4, -0.2) is 34.7 Å². The number of anilines is 1. The quantitative estimate of drug-likeness (QED) is 0.823. The topological polar surface area (TPSA) is 86.8 Å². The molecule has 0 atom stereocenters. The third kappa shape index (κ3) is 3.77. The number of pyridine rings is 1. The number of hydrogen-bond acceptors (Lipinski definition) is 6. The third-order valence-electron chi connectivity index (χ3n) is 3.34. The second-order valence-corrected chi connectivity index (χ2v) is 6.65. The fourth-order valence-corrected chi connectivity index (χ4v) is 3.68. The second kappa shape index (κ2) is 7.50. The van der Waals surface area contributed by atoms with E-state index < -0.39 is 10.0 Å². The highest BCUT2D eigenvalue weighted by Gasteiger charge is 2.26. The molecule has 1 aromatic heterocycles. The largest absolute Gasteiger partial charge is 0.495 e. The number of hydrogen-bond donors (Lipinski definition) is 1. The van der Waals surface area contributed by atoms with Gasteiger partial charge in [0, 0.05) is 13.3 Å². The predicted octanol–water partition coefficient (Wildman–Crippen LogP) is 2.35. The first-order chi connectivity index (χ1) is 11.4. The molecule has 2 rings (SSSR count). The molecule has 2 aromatic rings. The van der Waals surface area contributed by atoms with Gasteiger partial charge in [-0.15, -0.1) is 0 Å². The molecule has 0 unspecified atom stereocenters. The molecule has 0 amide bonds. The van der Waals surface area contributed by atoms with Gasteiger partial charge in [-0.2, -0.15) is 0 Å². The number of methoxy groups -OCH3 is 3. The summed E-state index contributed by atoms with van der Waals surface area (Å²) in [5.74, 6) is 0.614. The summed E-state index contributed by atoms with van der Waals surface area (Å²) in [4.78, 5) is 3.97. The van der Waals surface area contributed by atoms with Crippen LogP contribution in [0.15, 0.2) is 35.4 Å². The summed E-state index contributed by atoms with van der Waals surface area (Å²) in [5, 5.41) is 0. The van der Waals surface area contributed by atoms with E-state index in [0.717, 1.165) is 5.56 Å². The van der Waals surface area contributed by atoms with Gasteiger partial charge in [0.15, 0.2) is 4.90 Å². The van der Waals surface area contributed by atoms with Gasteiger partial charge in [0.25, 0.3) is 10.0 Å². The van der Waals surface area contributed by atoms with Crippen molar-refractivity contribution in [3.8, 4) is 11.5 Å². The molecule has 1 aromatic carbocycles. The Labute approximate surface area is 141 Å². The minimum absolute atomic E-state index is 0.0635. The van der Waals surface area contributed by atoms with Crippen LogP contribution in [0, 0.1) is 6.92 Å². The molecule has 0 aliphatic heterocycles. The van der Waals surface area contributed by atoms with Crippen LogP contribution in [0.1, 0.15) is 11.1 Å². The minimum atomic E-state index is -3.96. The molecular formula is C16H20N2O5S. The molecule has 130 valence electrons. The zero-order chi connectivity index (χ0) is 17.7. The van der Waals surface area contributed by atoms with Gasteiger partial charge in [0.2, 0.25) is 0 Å². The van der Waals surface area contributed by atoms with Crippen LogP contribution in [0.3, 0.4) is 0 Å².